The van der Waals surface area contributed by atoms with Crippen LogP contribution >= 0.6 is 0 Å². The normalized spacial score (nSPS) is 11.6. The van der Waals surface area contributed by atoms with Crippen LogP contribution < -0.4 is 9.46 Å². The second kappa shape index (κ2) is 7.45. The summed E-state index contributed by atoms with van der Waals surface area (Å²) in [4.78, 5) is 4.33. The number of rotatable bonds is 6. The average Bonchev–Trinajstić information content (AvgIpc) is 2.89. The van der Waals surface area contributed by atoms with Gasteiger partial charge in [0.15, 0.2) is 0 Å². The van der Waals surface area contributed by atoms with Gasteiger partial charge >= 0.3 is 0 Å². The molecular weight excluding hydrogens is 371 g/mol. The largest absolute Gasteiger partial charge is 0.439 e. The van der Waals surface area contributed by atoms with Crippen LogP contribution in [0.25, 0.3) is 0 Å². The van der Waals surface area contributed by atoms with E-state index in [9.17, 15) is 12.8 Å². The molecule has 0 aliphatic rings. The number of hydrogen-bond acceptors (Lipinski definition) is 5. The van der Waals surface area contributed by atoms with Gasteiger partial charge in [0.1, 0.15) is 16.5 Å². The van der Waals surface area contributed by atoms with Gasteiger partial charge in [0.2, 0.25) is 15.9 Å². The Hall–Kier alpha value is -2.78. The highest BCUT2D eigenvalue weighted by Crippen LogP contribution is 2.21. The summed E-state index contributed by atoms with van der Waals surface area (Å²) >= 11 is 0. The van der Waals surface area contributed by atoms with Crippen LogP contribution in [0.2, 0.25) is 0 Å². The van der Waals surface area contributed by atoms with Gasteiger partial charge in [-0.15, -0.1) is 0 Å². The van der Waals surface area contributed by atoms with E-state index in [1.807, 2.05) is 0 Å². The summed E-state index contributed by atoms with van der Waals surface area (Å²) in [6.45, 7) is 3.45. The van der Waals surface area contributed by atoms with Crippen LogP contribution in [0, 0.1) is 19.7 Å². The maximum absolute atomic E-state index is 12.9. The molecule has 0 aliphatic carbocycles. The number of aryl methyl sites for hydroxylation is 2. The van der Waals surface area contributed by atoms with Crippen molar-refractivity contribution in [1.82, 2.24) is 19.5 Å². The molecule has 0 aliphatic heterocycles. The molecule has 0 atom stereocenters. The predicted octanol–water partition coefficient (Wildman–Crippen LogP) is 2.84. The third-order valence-corrected chi connectivity index (χ3v) is 5.66. The molecule has 0 amide bonds. The summed E-state index contributed by atoms with van der Waals surface area (Å²) in [5, 5.41) is 4.13. The van der Waals surface area contributed by atoms with Crippen molar-refractivity contribution in [3.05, 3.63) is 65.4 Å². The number of nitrogens with zero attached hydrogens (tertiary/aromatic N) is 3. The van der Waals surface area contributed by atoms with Crippen molar-refractivity contribution in [2.45, 2.75) is 25.3 Å². The van der Waals surface area contributed by atoms with E-state index in [0.717, 1.165) is 0 Å². The molecule has 2 aromatic heterocycles. The molecule has 0 saturated heterocycles. The lowest BCUT2D eigenvalue weighted by molar-refractivity contribution is 0.461. The summed E-state index contributed by atoms with van der Waals surface area (Å²) in [6.07, 6.45) is 1.52. The molecule has 0 fully saturated rings. The zero-order chi connectivity index (χ0) is 19.6. The standard InChI is InChI=1S/C18H19FN4O3S/c1-12-18(13(2)23(3)22-12)27(24,25)21-11-14-4-9-17(20-10-14)26-16-7-5-15(19)6-8-16/h4-10,21H,11H2,1-3H3. The van der Waals surface area contributed by atoms with Gasteiger partial charge in [0.05, 0.1) is 11.4 Å². The number of pyridine rings is 1. The molecule has 0 bridgehead atoms. The lowest BCUT2D eigenvalue weighted by atomic mass is 10.3. The summed E-state index contributed by atoms with van der Waals surface area (Å²) < 4.78 is 47.6. The van der Waals surface area contributed by atoms with Crippen molar-refractivity contribution in [1.29, 1.82) is 0 Å². The molecule has 9 heteroatoms. The number of nitrogens with one attached hydrogen (secondary N) is 1. The van der Waals surface area contributed by atoms with Crippen LogP contribution in [-0.4, -0.2) is 23.2 Å². The number of aromatic nitrogens is 3. The molecule has 0 spiro atoms. The van der Waals surface area contributed by atoms with Crippen molar-refractivity contribution in [3.8, 4) is 11.6 Å². The van der Waals surface area contributed by atoms with Crippen LogP contribution in [0.5, 0.6) is 11.6 Å². The molecule has 2 heterocycles. The van der Waals surface area contributed by atoms with E-state index in [-0.39, 0.29) is 17.3 Å². The lowest BCUT2D eigenvalue weighted by Crippen LogP contribution is -2.24. The Kier molecular flexibility index (Phi) is 5.24. The van der Waals surface area contributed by atoms with Crippen LogP contribution in [-0.2, 0) is 23.6 Å². The quantitative estimate of drug-likeness (QED) is 0.699. The molecular formula is C18H19FN4O3S. The summed E-state index contributed by atoms with van der Waals surface area (Å²) in [7, 11) is -1.99. The third kappa shape index (κ3) is 4.32. The lowest BCUT2D eigenvalue weighted by Gasteiger charge is -2.08. The molecule has 7 nitrogen and oxygen atoms in total. The Labute approximate surface area is 156 Å². The fourth-order valence-corrected chi connectivity index (χ4v) is 4.04. The monoisotopic (exact) mass is 390 g/mol. The van der Waals surface area contributed by atoms with E-state index >= 15 is 0 Å². The minimum atomic E-state index is -3.69. The first kappa shape index (κ1) is 19.0. The molecule has 1 aromatic carbocycles. The topological polar surface area (TPSA) is 86.1 Å². The molecule has 27 heavy (non-hydrogen) atoms. The maximum Gasteiger partial charge on any atom is 0.244 e. The van der Waals surface area contributed by atoms with Crippen LogP contribution in [0.15, 0.2) is 47.5 Å². The second-order valence-corrected chi connectivity index (χ2v) is 7.71. The minimum absolute atomic E-state index is 0.0833. The van der Waals surface area contributed by atoms with Crippen molar-refractivity contribution in [2.75, 3.05) is 0 Å². The zero-order valence-electron chi connectivity index (χ0n) is 15.1. The zero-order valence-corrected chi connectivity index (χ0v) is 15.9. The van der Waals surface area contributed by atoms with Crippen molar-refractivity contribution < 1.29 is 17.5 Å². The number of sulfonamides is 1. The van der Waals surface area contributed by atoms with Crippen molar-refractivity contribution in [2.24, 2.45) is 7.05 Å². The smallest absolute Gasteiger partial charge is 0.244 e. The van der Waals surface area contributed by atoms with Gasteiger partial charge in [-0.25, -0.2) is 22.5 Å². The first-order chi connectivity index (χ1) is 12.8. The Balaban J connectivity index is 1.67. The van der Waals surface area contributed by atoms with Gasteiger partial charge in [0, 0.05) is 25.9 Å². The van der Waals surface area contributed by atoms with Crippen LogP contribution in [0.3, 0.4) is 0 Å². The third-order valence-electron chi connectivity index (χ3n) is 4.01. The summed E-state index contributed by atoms with van der Waals surface area (Å²) in [5.74, 6) is 0.434. The Morgan fingerprint density at radius 2 is 1.85 bits per heavy atom. The van der Waals surface area contributed by atoms with Gasteiger partial charge in [-0.2, -0.15) is 5.10 Å². The second-order valence-electron chi connectivity index (χ2n) is 6.01. The molecule has 142 valence electrons. The number of halogens is 1. The molecule has 0 saturated carbocycles. The predicted molar refractivity (Wildman–Crippen MR) is 97.4 cm³/mol. The first-order valence-electron chi connectivity index (χ1n) is 8.14. The van der Waals surface area contributed by atoms with E-state index in [0.29, 0.717) is 28.6 Å². The van der Waals surface area contributed by atoms with Gasteiger partial charge in [0.25, 0.3) is 0 Å². The minimum Gasteiger partial charge on any atom is -0.439 e. The summed E-state index contributed by atoms with van der Waals surface area (Å²) in [5.41, 5.74) is 1.69. The van der Waals surface area contributed by atoms with Crippen LogP contribution in [0.1, 0.15) is 17.0 Å². The highest BCUT2D eigenvalue weighted by atomic mass is 32.2. The molecule has 0 unspecified atom stereocenters. The number of hydrogen-bond donors (Lipinski definition) is 1. The SMILES string of the molecule is Cc1nn(C)c(C)c1S(=O)(=O)NCc1ccc(Oc2ccc(F)cc2)nc1. The van der Waals surface area contributed by atoms with E-state index in [4.69, 9.17) is 4.74 Å². The summed E-state index contributed by atoms with van der Waals surface area (Å²) in [6, 6.07) is 8.90. The van der Waals surface area contributed by atoms with Crippen molar-refractivity contribution >= 4 is 10.0 Å². The van der Waals surface area contributed by atoms with E-state index in [1.54, 1.807) is 33.0 Å². The molecule has 3 aromatic rings. The Bertz CT molecular complexity index is 1050. The highest BCUT2D eigenvalue weighted by molar-refractivity contribution is 7.89. The molecule has 1 N–H and O–H groups in total. The van der Waals surface area contributed by atoms with E-state index in [1.165, 1.54) is 35.1 Å². The fourth-order valence-electron chi connectivity index (χ4n) is 2.59. The number of benzene rings is 1. The van der Waals surface area contributed by atoms with Crippen molar-refractivity contribution in [3.63, 3.8) is 0 Å². The maximum atomic E-state index is 12.9. The van der Waals surface area contributed by atoms with Crippen LogP contribution in [0.4, 0.5) is 4.39 Å². The van der Waals surface area contributed by atoms with E-state index < -0.39 is 10.0 Å². The number of ether oxygens (including phenoxy) is 1. The highest BCUT2D eigenvalue weighted by Gasteiger charge is 2.23. The molecule has 0 radical (unpaired) electrons. The Morgan fingerprint density at radius 3 is 2.41 bits per heavy atom. The van der Waals surface area contributed by atoms with E-state index in [2.05, 4.69) is 14.8 Å². The fraction of sp³-hybridized carbons (Fsp3) is 0.222. The molecule has 3 rings (SSSR count). The average molecular weight is 390 g/mol. The van der Waals surface area contributed by atoms with Gasteiger partial charge in [-0.1, -0.05) is 6.07 Å². The van der Waals surface area contributed by atoms with Gasteiger partial charge in [-0.3, -0.25) is 4.68 Å². The van der Waals surface area contributed by atoms with Gasteiger partial charge < -0.3 is 4.74 Å². The first-order valence-corrected chi connectivity index (χ1v) is 9.63. The Morgan fingerprint density at radius 1 is 1.15 bits per heavy atom. The van der Waals surface area contributed by atoms with Gasteiger partial charge in [-0.05, 0) is 43.7 Å².